The van der Waals surface area contributed by atoms with Crippen LogP contribution in [0.4, 0.5) is 10.1 Å². The van der Waals surface area contributed by atoms with E-state index in [-0.39, 0.29) is 11.7 Å². The Bertz CT molecular complexity index is 1170. The summed E-state index contributed by atoms with van der Waals surface area (Å²) in [5.41, 5.74) is 2.14. The number of fused-ring (bicyclic) bond motifs is 1. The summed E-state index contributed by atoms with van der Waals surface area (Å²) in [7, 11) is 0. The summed E-state index contributed by atoms with van der Waals surface area (Å²) in [5, 5.41) is 0. The van der Waals surface area contributed by atoms with Crippen LogP contribution in [0.5, 0.6) is 11.6 Å². The molecule has 1 amide bonds. The van der Waals surface area contributed by atoms with Crippen LogP contribution in [0.3, 0.4) is 0 Å². The van der Waals surface area contributed by atoms with Crippen LogP contribution < -0.4 is 14.4 Å². The zero-order valence-corrected chi connectivity index (χ0v) is 17.2. The van der Waals surface area contributed by atoms with Crippen molar-refractivity contribution in [3.63, 3.8) is 0 Å². The fourth-order valence-electron chi connectivity index (χ4n) is 4.00. The number of halogens is 1. The second kappa shape index (κ2) is 8.37. The van der Waals surface area contributed by atoms with Crippen molar-refractivity contribution >= 4 is 17.4 Å². The van der Waals surface area contributed by atoms with E-state index in [1.807, 2.05) is 12.1 Å². The van der Waals surface area contributed by atoms with Gasteiger partial charge in [-0.3, -0.25) is 14.6 Å². The molecule has 7 nitrogen and oxygen atoms in total. The summed E-state index contributed by atoms with van der Waals surface area (Å²) in [6, 6.07) is 10.0. The summed E-state index contributed by atoms with van der Waals surface area (Å²) in [4.78, 5) is 34.6. The molecule has 1 fully saturated rings. The minimum Gasteiger partial charge on any atom is -0.479 e. The van der Waals surface area contributed by atoms with Crippen LogP contribution in [0.15, 0.2) is 55.0 Å². The van der Waals surface area contributed by atoms with E-state index in [0.717, 1.165) is 5.56 Å². The van der Waals surface area contributed by atoms with Gasteiger partial charge in [-0.1, -0.05) is 6.07 Å². The number of ether oxygens (including phenoxy) is 2. The molecular formula is C24H20FN3O4. The SMILES string of the molecule is O=C1CCc2c(F)cc(N3CC[C@@H](Oc4ccc(OCc5cccnc5)nc4)C3=O)cc21. The van der Waals surface area contributed by atoms with E-state index in [1.165, 1.54) is 17.2 Å². The van der Waals surface area contributed by atoms with Crippen LogP contribution in [0.25, 0.3) is 0 Å². The Balaban J connectivity index is 1.23. The zero-order valence-electron chi connectivity index (χ0n) is 17.2. The highest BCUT2D eigenvalue weighted by molar-refractivity contribution is 6.04. The molecule has 162 valence electrons. The number of aromatic nitrogens is 2. The van der Waals surface area contributed by atoms with Gasteiger partial charge < -0.3 is 14.4 Å². The van der Waals surface area contributed by atoms with E-state index in [0.29, 0.717) is 60.9 Å². The predicted molar refractivity (Wildman–Crippen MR) is 113 cm³/mol. The Labute approximate surface area is 183 Å². The number of amides is 1. The number of ketones is 1. The molecular weight excluding hydrogens is 413 g/mol. The Morgan fingerprint density at radius 2 is 2.03 bits per heavy atom. The fraction of sp³-hybridized carbons (Fsp3) is 0.250. The van der Waals surface area contributed by atoms with E-state index < -0.39 is 11.9 Å². The molecule has 8 heteroatoms. The summed E-state index contributed by atoms with van der Waals surface area (Å²) >= 11 is 0. The first kappa shape index (κ1) is 20.1. The number of carbonyl (C=O) groups excluding carboxylic acids is 2. The lowest BCUT2D eigenvalue weighted by Gasteiger charge is -2.18. The molecule has 5 rings (SSSR count). The molecule has 1 atom stereocenters. The molecule has 1 aromatic carbocycles. The number of hydrogen-bond donors (Lipinski definition) is 0. The second-order valence-corrected chi connectivity index (χ2v) is 7.74. The van der Waals surface area contributed by atoms with Gasteiger partial charge in [-0.05, 0) is 36.2 Å². The maximum Gasteiger partial charge on any atom is 0.268 e. The summed E-state index contributed by atoms with van der Waals surface area (Å²) in [6.07, 6.45) is 5.38. The molecule has 3 aromatic rings. The minimum atomic E-state index is -0.703. The van der Waals surface area contributed by atoms with Gasteiger partial charge in [0.25, 0.3) is 5.91 Å². The topological polar surface area (TPSA) is 81.6 Å². The molecule has 0 bridgehead atoms. The van der Waals surface area contributed by atoms with E-state index in [1.54, 1.807) is 30.6 Å². The van der Waals surface area contributed by atoms with Crippen LogP contribution in [0.2, 0.25) is 0 Å². The molecule has 0 unspecified atom stereocenters. The van der Waals surface area contributed by atoms with Crippen LogP contribution in [-0.2, 0) is 17.8 Å². The first-order valence-corrected chi connectivity index (χ1v) is 10.4. The van der Waals surface area contributed by atoms with E-state index in [9.17, 15) is 14.0 Å². The normalized spacial score (nSPS) is 17.5. The Kier molecular flexibility index (Phi) is 5.26. The van der Waals surface area contributed by atoms with Crippen LogP contribution in [-0.4, -0.2) is 34.3 Å². The molecule has 3 heterocycles. The first-order chi connectivity index (χ1) is 15.6. The monoisotopic (exact) mass is 433 g/mol. The van der Waals surface area contributed by atoms with Gasteiger partial charge in [0.05, 0.1) is 6.20 Å². The molecule has 1 saturated heterocycles. The molecule has 32 heavy (non-hydrogen) atoms. The number of pyridine rings is 2. The number of rotatable bonds is 6. The van der Waals surface area contributed by atoms with E-state index in [4.69, 9.17) is 9.47 Å². The number of anilines is 1. The van der Waals surface area contributed by atoms with Crippen molar-refractivity contribution < 1.29 is 23.5 Å². The third-order valence-corrected chi connectivity index (χ3v) is 5.65. The molecule has 0 radical (unpaired) electrons. The van der Waals surface area contributed by atoms with Gasteiger partial charge in [-0.15, -0.1) is 0 Å². The third-order valence-electron chi connectivity index (χ3n) is 5.65. The van der Waals surface area contributed by atoms with Gasteiger partial charge in [0.1, 0.15) is 18.2 Å². The van der Waals surface area contributed by atoms with Gasteiger partial charge >= 0.3 is 0 Å². The van der Waals surface area contributed by atoms with E-state index >= 15 is 0 Å². The molecule has 1 aliphatic carbocycles. The highest BCUT2D eigenvalue weighted by Crippen LogP contribution is 2.32. The maximum absolute atomic E-state index is 14.4. The molecule has 0 N–H and O–H groups in total. The van der Waals surface area contributed by atoms with E-state index in [2.05, 4.69) is 9.97 Å². The average molecular weight is 433 g/mol. The van der Waals surface area contributed by atoms with Gasteiger partial charge in [0, 0.05) is 54.7 Å². The number of Topliss-reactive ketones (excluding diaryl/α,β-unsaturated/α-hetero) is 1. The first-order valence-electron chi connectivity index (χ1n) is 10.4. The lowest BCUT2D eigenvalue weighted by Crippen LogP contribution is -2.32. The molecule has 2 aliphatic rings. The third kappa shape index (κ3) is 3.91. The van der Waals surface area contributed by atoms with Crippen LogP contribution in [0, 0.1) is 5.82 Å². The van der Waals surface area contributed by atoms with Crippen LogP contribution >= 0.6 is 0 Å². The van der Waals surface area contributed by atoms with Crippen molar-refractivity contribution in [3.8, 4) is 11.6 Å². The minimum absolute atomic E-state index is 0.0860. The molecule has 0 saturated carbocycles. The standard InChI is InChI=1S/C24H20FN3O4/c25-20-11-16(10-19-18(20)4-5-21(19)29)28-9-7-22(24(28)30)32-17-3-6-23(27-13-17)31-14-15-2-1-8-26-12-15/h1-3,6,8,10-13,22H,4-5,7,9,14H2/t22-/m1/s1. The fourth-order valence-corrected chi connectivity index (χ4v) is 4.00. The van der Waals surface area contributed by atoms with Gasteiger partial charge in [0.15, 0.2) is 11.9 Å². The quantitative estimate of drug-likeness (QED) is 0.592. The number of hydrogen-bond acceptors (Lipinski definition) is 6. The van der Waals surface area contributed by atoms with Crippen molar-refractivity contribution in [1.29, 1.82) is 0 Å². The maximum atomic E-state index is 14.4. The van der Waals surface area contributed by atoms with Crippen molar-refractivity contribution in [1.82, 2.24) is 9.97 Å². The zero-order chi connectivity index (χ0) is 22.1. The molecule has 2 aromatic heterocycles. The average Bonchev–Trinajstić information content (AvgIpc) is 3.37. The summed E-state index contributed by atoms with van der Waals surface area (Å²) in [5.74, 6) is 0.0727. The molecule has 0 spiro atoms. The van der Waals surface area contributed by atoms with Crippen molar-refractivity contribution in [2.45, 2.75) is 32.0 Å². The Hall–Kier alpha value is -3.81. The Morgan fingerprint density at radius 3 is 2.81 bits per heavy atom. The highest BCUT2D eigenvalue weighted by atomic mass is 19.1. The second-order valence-electron chi connectivity index (χ2n) is 7.74. The largest absolute Gasteiger partial charge is 0.479 e. The van der Waals surface area contributed by atoms with Gasteiger partial charge in [-0.2, -0.15) is 0 Å². The molecule has 1 aliphatic heterocycles. The summed E-state index contributed by atoms with van der Waals surface area (Å²) in [6.45, 7) is 0.729. The Morgan fingerprint density at radius 1 is 1.12 bits per heavy atom. The van der Waals surface area contributed by atoms with Crippen molar-refractivity contribution in [3.05, 3.63) is 77.5 Å². The highest BCUT2D eigenvalue weighted by Gasteiger charge is 2.36. The number of benzene rings is 1. The summed E-state index contributed by atoms with van der Waals surface area (Å²) < 4.78 is 25.9. The predicted octanol–water partition coefficient (Wildman–Crippen LogP) is 3.51. The van der Waals surface area contributed by atoms with Gasteiger partial charge in [0.2, 0.25) is 5.88 Å². The smallest absolute Gasteiger partial charge is 0.268 e. The van der Waals surface area contributed by atoms with Gasteiger partial charge in [-0.25, -0.2) is 9.37 Å². The lowest BCUT2D eigenvalue weighted by atomic mass is 10.1. The number of carbonyl (C=O) groups is 2. The van der Waals surface area contributed by atoms with Crippen molar-refractivity contribution in [2.24, 2.45) is 0 Å². The number of nitrogens with zero attached hydrogens (tertiary/aromatic N) is 3. The lowest BCUT2D eigenvalue weighted by molar-refractivity contribution is -0.122. The van der Waals surface area contributed by atoms with Crippen LogP contribution in [0.1, 0.15) is 34.3 Å². The van der Waals surface area contributed by atoms with Crippen molar-refractivity contribution in [2.75, 3.05) is 11.4 Å².